The monoisotopic (exact) mass is 292 g/mol. The molecule has 0 aliphatic carbocycles. The number of pyridine rings is 1. The molecule has 5 heteroatoms. The Morgan fingerprint density at radius 3 is 2.76 bits per heavy atom. The van der Waals surface area contributed by atoms with Crippen molar-refractivity contribution in [1.82, 2.24) is 9.88 Å². The molecule has 0 radical (unpaired) electrons. The van der Waals surface area contributed by atoms with Crippen LogP contribution in [-0.4, -0.2) is 34.7 Å². The Hall–Kier alpha value is -1.78. The standard InChI is InChI=1S/C16H24N2O3/c1-5-20-14-9-8-12(11-17-14)13-7-6-10-18(13)15(19)21-16(2,3)4/h8-9,11,13H,5-7,10H2,1-4H3/t13-/m1/s1. The summed E-state index contributed by atoms with van der Waals surface area (Å²) in [5.74, 6) is 0.614. The highest BCUT2D eigenvalue weighted by molar-refractivity contribution is 5.69. The van der Waals surface area contributed by atoms with Crippen LogP contribution in [0.1, 0.15) is 52.1 Å². The number of aromatic nitrogens is 1. The summed E-state index contributed by atoms with van der Waals surface area (Å²) < 4.78 is 10.8. The summed E-state index contributed by atoms with van der Waals surface area (Å²) in [6.07, 6.45) is 3.46. The van der Waals surface area contributed by atoms with Crippen molar-refractivity contribution in [3.8, 4) is 5.88 Å². The van der Waals surface area contributed by atoms with Crippen molar-refractivity contribution in [2.75, 3.05) is 13.2 Å². The molecule has 0 spiro atoms. The van der Waals surface area contributed by atoms with Gasteiger partial charge in [-0.2, -0.15) is 0 Å². The second kappa shape index (κ2) is 6.33. The zero-order valence-corrected chi connectivity index (χ0v) is 13.3. The Labute approximate surface area is 126 Å². The van der Waals surface area contributed by atoms with E-state index in [2.05, 4.69) is 4.98 Å². The van der Waals surface area contributed by atoms with Gasteiger partial charge in [-0.15, -0.1) is 0 Å². The Morgan fingerprint density at radius 1 is 1.43 bits per heavy atom. The molecule has 5 nitrogen and oxygen atoms in total. The van der Waals surface area contributed by atoms with E-state index in [1.54, 1.807) is 11.1 Å². The van der Waals surface area contributed by atoms with Gasteiger partial charge in [0.25, 0.3) is 0 Å². The fourth-order valence-electron chi connectivity index (χ4n) is 2.47. The maximum Gasteiger partial charge on any atom is 0.410 e. The molecule has 2 rings (SSSR count). The smallest absolute Gasteiger partial charge is 0.410 e. The Morgan fingerprint density at radius 2 is 2.19 bits per heavy atom. The number of rotatable bonds is 3. The zero-order chi connectivity index (χ0) is 15.5. The number of hydrogen-bond acceptors (Lipinski definition) is 4. The van der Waals surface area contributed by atoms with Crippen LogP contribution in [0.5, 0.6) is 5.88 Å². The molecule has 1 atom stereocenters. The molecule has 1 fully saturated rings. The molecular formula is C16H24N2O3. The van der Waals surface area contributed by atoms with E-state index in [0.29, 0.717) is 12.5 Å². The molecule has 0 unspecified atom stereocenters. The molecule has 0 N–H and O–H groups in total. The first kappa shape index (κ1) is 15.6. The summed E-state index contributed by atoms with van der Waals surface area (Å²) in [5, 5.41) is 0. The van der Waals surface area contributed by atoms with Gasteiger partial charge < -0.3 is 14.4 Å². The third-order valence-electron chi connectivity index (χ3n) is 3.32. The third-order valence-corrected chi connectivity index (χ3v) is 3.32. The lowest BCUT2D eigenvalue weighted by Crippen LogP contribution is -2.36. The van der Waals surface area contributed by atoms with Gasteiger partial charge in [0.2, 0.25) is 5.88 Å². The van der Waals surface area contributed by atoms with Gasteiger partial charge in [0, 0.05) is 18.8 Å². The molecule has 116 valence electrons. The summed E-state index contributed by atoms with van der Waals surface area (Å²) in [6.45, 7) is 8.90. The van der Waals surface area contributed by atoms with Gasteiger partial charge in [-0.1, -0.05) is 6.07 Å². The van der Waals surface area contributed by atoms with E-state index in [1.165, 1.54) is 0 Å². The maximum atomic E-state index is 12.3. The van der Waals surface area contributed by atoms with Gasteiger partial charge in [0.1, 0.15) is 5.60 Å². The van der Waals surface area contributed by atoms with Crippen molar-refractivity contribution in [3.63, 3.8) is 0 Å². The number of carbonyl (C=O) groups excluding carboxylic acids is 1. The minimum atomic E-state index is -0.471. The number of amides is 1. The number of hydrogen-bond donors (Lipinski definition) is 0. The lowest BCUT2D eigenvalue weighted by molar-refractivity contribution is 0.0224. The normalized spacial score (nSPS) is 18.7. The minimum Gasteiger partial charge on any atom is -0.478 e. The minimum absolute atomic E-state index is 0.0445. The second-order valence-corrected chi connectivity index (χ2v) is 6.19. The van der Waals surface area contributed by atoms with Crippen LogP contribution in [-0.2, 0) is 4.74 Å². The molecule has 1 aromatic heterocycles. The van der Waals surface area contributed by atoms with Gasteiger partial charge in [-0.25, -0.2) is 9.78 Å². The number of ether oxygens (including phenoxy) is 2. The van der Waals surface area contributed by atoms with Gasteiger partial charge in [-0.3, -0.25) is 0 Å². The van der Waals surface area contributed by atoms with Crippen molar-refractivity contribution < 1.29 is 14.3 Å². The van der Waals surface area contributed by atoms with E-state index >= 15 is 0 Å². The van der Waals surface area contributed by atoms with Crippen molar-refractivity contribution in [1.29, 1.82) is 0 Å². The van der Waals surface area contributed by atoms with Crippen LogP contribution in [0, 0.1) is 0 Å². The molecule has 1 amide bonds. The molecule has 0 bridgehead atoms. The molecule has 2 heterocycles. The summed E-state index contributed by atoms with van der Waals surface area (Å²) in [7, 11) is 0. The van der Waals surface area contributed by atoms with E-state index in [4.69, 9.17) is 9.47 Å². The SMILES string of the molecule is CCOc1ccc([C@H]2CCCN2C(=O)OC(C)(C)C)cn1. The van der Waals surface area contributed by atoms with E-state index in [9.17, 15) is 4.79 Å². The zero-order valence-electron chi connectivity index (χ0n) is 13.3. The van der Waals surface area contributed by atoms with Crippen LogP contribution in [0.2, 0.25) is 0 Å². The van der Waals surface area contributed by atoms with Gasteiger partial charge >= 0.3 is 6.09 Å². The van der Waals surface area contributed by atoms with Crippen LogP contribution < -0.4 is 4.74 Å². The first-order valence-corrected chi connectivity index (χ1v) is 7.49. The number of likely N-dealkylation sites (tertiary alicyclic amines) is 1. The molecule has 0 saturated carbocycles. The average Bonchev–Trinajstić information content (AvgIpc) is 2.87. The molecule has 1 saturated heterocycles. The molecule has 1 aliphatic rings. The van der Waals surface area contributed by atoms with Crippen molar-refractivity contribution >= 4 is 6.09 Å². The van der Waals surface area contributed by atoms with Crippen LogP contribution >= 0.6 is 0 Å². The first-order valence-electron chi connectivity index (χ1n) is 7.49. The number of carbonyl (C=O) groups is 1. The van der Waals surface area contributed by atoms with Crippen LogP contribution in [0.4, 0.5) is 4.79 Å². The number of nitrogens with zero attached hydrogens (tertiary/aromatic N) is 2. The molecule has 21 heavy (non-hydrogen) atoms. The van der Waals surface area contributed by atoms with E-state index < -0.39 is 5.60 Å². The van der Waals surface area contributed by atoms with Crippen LogP contribution in [0.15, 0.2) is 18.3 Å². The Bertz CT molecular complexity index is 479. The summed E-state index contributed by atoms with van der Waals surface area (Å²) in [5.41, 5.74) is 0.559. The van der Waals surface area contributed by atoms with Crippen LogP contribution in [0.25, 0.3) is 0 Å². The predicted molar refractivity (Wildman–Crippen MR) is 80.3 cm³/mol. The molecular weight excluding hydrogens is 268 g/mol. The lowest BCUT2D eigenvalue weighted by Gasteiger charge is -2.28. The predicted octanol–water partition coefficient (Wildman–Crippen LogP) is 3.55. The first-order chi connectivity index (χ1) is 9.90. The summed E-state index contributed by atoms with van der Waals surface area (Å²) >= 11 is 0. The van der Waals surface area contributed by atoms with E-state index in [-0.39, 0.29) is 12.1 Å². The maximum absolute atomic E-state index is 12.3. The highest BCUT2D eigenvalue weighted by Crippen LogP contribution is 2.33. The Balaban J connectivity index is 2.09. The van der Waals surface area contributed by atoms with Gasteiger partial charge in [-0.05, 0) is 46.1 Å². The third kappa shape index (κ3) is 4.09. The summed E-state index contributed by atoms with van der Waals surface area (Å²) in [4.78, 5) is 18.3. The largest absolute Gasteiger partial charge is 0.478 e. The van der Waals surface area contributed by atoms with E-state index in [1.807, 2.05) is 39.8 Å². The average molecular weight is 292 g/mol. The Kier molecular flexibility index (Phi) is 4.70. The van der Waals surface area contributed by atoms with Gasteiger partial charge in [0.15, 0.2) is 0 Å². The van der Waals surface area contributed by atoms with Gasteiger partial charge in [0.05, 0.1) is 12.6 Å². The second-order valence-electron chi connectivity index (χ2n) is 6.19. The fraction of sp³-hybridized carbons (Fsp3) is 0.625. The molecule has 1 aromatic rings. The lowest BCUT2D eigenvalue weighted by atomic mass is 10.1. The van der Waals surface area contributed by atoms with E-state index in [0.717, 1.165) is 24.9 Å². The van der Waals surface area contributed by atoms with Crippen LogP contribution in [0.3, 0.4) is 0 Å². The topological polar surface area (TPSA) is 51.7 Å². The van der Waals surface area contributed by atoms with Crippen molar-refractivity contribution in [3.05, 3.63) is 23.9 Å². The highest BCUT2D eigenvalue weighted by Gasteiger charge is 2.33. The summed E-state index contributed by atoms with van der Waals surface area (Å²) in [6, 6.07) is 3.87. The molecule has 1 aliphatic heterocycles. The molecule has 0 aromatic carbocycles. The highest BCUT2D eigenvalue weighted by atomic mass is 16.6. The van der Waals surface area contributed by atoms with Crippen molar-refractivity contribution in [2.24, 2.45) is 0 Å². The fourth-order valence-corrected chi connectivity index (χ4v) is 2.47. The van der Waals surface area contributed by atoms with Crippen molar-refractivity contribution in [2.45, 2.75) is 52.2 Å². The quantitative estimate of drug-likeness (QED) is 0.855.